The molecule has 0 unspecified atom stereocenters. The highest BCUT2D eigenvalue weighted by molar-refractivity contribution is 6.32. The van der Waals surface area contributed by atoms with Crippen LogP contribution in [0, 0.1) is 0 Å². The van der Waals surface area contributed by atoms with Crippen molar-refractivity contribution in [3.63, 3.8) is 0 Å². The summed E-state index contributed by atoms with van der Waals surface area (Å²) < 4.78 is 6.26. The third kappa shape index (κ3) is 6.02. The number of nitrogens with one attached hydrogen (secondary N) is 1. The second-order valence-corrected chi connectivity index (χ2v) is 6.44. The number of halogens is 2. The number of likely N-dealkylation sites (N-methyl/N-ethyl adjacent to an activating group) is 1. The van der Waals surface area contributed by atoms with Crippen molar-refractivity contribution in [3.05, 3.63) is 40.4 Å². The van der Waals surface area contributed by atoms with Gasteiger partial charge in [-0.3, -0.25) is 0 Å². The van der Waals surface area contributed by atoms with Gasteiger partial charge < -0.3 is 22.0 Å². The van der Waals surface area contributed by atoms with Crippen molar-refractivity contribution in [2.75, 3.05) is 26.2 Å². The van der Waals surface area contributed by atoms with Gasteiger partial charge >= 0.3 is 0 Å². The lowest BCUT2D eigenvalue weighted by atomic mass is 9.92. The highest BCUT2D eigenvalue weighted by atomic mass is 35.5. The van der Waals surface area contributed by atoms with Gasteiger partial charge in [0, 0.05) is 5.56 Å². The van der Waals surface area contributed by atoms with Crippen LogP contribution in [-0.4, -0.2) is 26.2 Å². The van der Waals surface area contributed by atoms with Crippen molar-refractivity contribution in [2.24, 2.45) is 0 Å². The highest BCUT2D eigenvalue weighted by Crippen LogP contribution is 2.34. The molecule has 0 radical (unpaired) electrons. The van der Waals surface area contributed by atoms with Crippen molar-refractivity contribution in [1.29, 1.82) is 0 Å². The van der Waals surface area contributed by atoms with Crippen LogP contribution in [0.1, 0.15) is 51.5 Å². The quantitative estimate of drug-likeness (QED) is 0.717. The third-order valence-corrected chi connectivity index (χ3v) is 4.93. The summed E-state index contributed by atoms with van der Waals surface area (Å²) in [6, 6.07) is 8.07. The highest BCUT2D eigenvalue weighted by Gasteiger charge is 2.17. The monoisotopic (exact) mass is 357 g/mol. The Balaban J connectivity index is 0.00000264. The summed E-state index contributed by atoms with van der Waals surface area (Å²) in [4.78, 5) is 1.58. The summed E-state index contributed by atoms with van der Waals surface area (Å²) in [7, 11) is 0. The lowest BCUT2D eigenvalue weighted by molar-refractivity contribution is -0.896. The average molecular weight is 358 g/mol. The zero-order valence-electron chi connectivity index (χ0n) is 14.3. The van der Waals surface area contributed by atoms with Gasteiger partial charge in [0.15, 0.2) is 0 Å². The zero-order chi connectivity index (χ0) is 15.8. The maximum Gasteiger partial charge on any atom is 0.137 e. The molecule has 4 heteroatoms. The second-order valence-electron chi connectivity index (χ2n) is 6.03. The first-order valence-corrected chi connectivity index (χ1v) is 9.07. The Morgan fingerprint density at radius 3 is 2.35 bits per heavy atom. The fourth-order valence-electron chi connectivity index (χ4n) is 3.12. The largest absolute Gasteiger partial charge is 1.00 e. The van der Waals surface area contributed by atoms with E-state index in [-0.39, 0.29) is 12.4 Å². The molecule has 2 nitrogen and oxygen atoms in total. The molecule has 1 saturated carbocycles. The van der Waals surface area contributed by atoms with Crippen LogP contribution in [0.5, 0.6) is 0 Å². The Morgan fingerprint density at radius 1 is 1.09 bits per heavy atom. The fraction of sp³-hybridized carbons (Fsp3) is 0.579. The van der Waals surface area contributed by atoms with E-state index >= 15 is 0 Å². The van der Waals surface area contributed by atoms with Gasteiger partial charge in [-0.1, -0.05) is 30.2 Å². The van der Waals surface area contributed by atoms with Crippen LogP contribution in [0.15, 0.2) is 29.8 Å². The second kappa shape index (κ2) is 11.0. The number of hydrogen-bond donors (Lipinski definition) is 1. The number of hydrogen-bond acceptors (Lipinski definition) is 1. The molecule has 0 heterocycles. The van der Waals surface area contributed by atoms with Crippen LogP contribution in [0.3, 0.4) is 0 Å². The minimum atomic E-state index is 0. The van der Waals surface area contributed by atoms with Gasteiger partial charge in [-0.25, -0.2) is 0 Å². The molecule has 1 aromatic carbocycles. The number of ether oxygens (including phenoxy) is 1. The molecule has 0 atom stereocenters. The lowest BCUT2D eigenvalue weighted by Crippen LogP contribution is -3.11. The number of allylic oxidation sites excluding steroid dienone is 1. The van der Waals surface area contributed by atoms with Crippen molar-refractivity contribution in [2.45, 2.75) is 46.0 Å². The number of benzene rings is 1. The number of quaternary nitrogens is 1. The van der Waals surface area contributed by atoms with Crippen LogP contribution in [-0.2, 0) is 4.74 Å². The molecule has 1 fully saturated rings. The van der Waals surface area contributed by atoms with Crippen LogP contribution < -0.4 is 17.3 Å². The molecule has 1 aliphatic rings. The standard InChI is InChI=1S/C19H28ClNO.ClH/c1-3-21(4-2)14-15-22-19(16-10-6-5-7-11-16)17-12-8-9-13-18(17)20;/h8-9,12-13H,3-7,10-11,14-15H2,1-2H3;1H. The van der Waals surface area contributed by atoms with E-state index in [1.165, 1.54) is 24.8 Å². The Hall–Kier alpha value is -0.700. The zero-order valence-corrected chi connectivity index (χ0v) is 15.8. The first-order chi connectivity index (χ1) is 10.8. The SMILES string of the molecule is CC[NH+](CC)CCOC(=C1CCCCC1)c1ccccc1Cl.[Cl-]. The predicted octanol–water partition coefficient (Wildman–Crippen LogP) is 0.961. The van der Waals surface area contributed by atoms with E-state index in [0.717, 1.165) is 55.4 Å². The molecular weight excluding hydrogens is 329 g/mol. The molecule has 0 aromatic heterocycles. The van der Waals surface area contributed by atoms with E-state index < -0.39 is 0 Å². The lowest BCUT2D eigenvalue weighted by Gasteiger charge is -2.22. The maximum atomic E-state index is 6.41. The van der Waals surface area contributed by atoms with Crippen LogP contribution >= 0.6 is 11.6 Å². The first-order valence-electron chi connectivity index (χ1n) is 8.69. The van der Waals surface area contributed by atoms with Crippen LogP contribution in [0.2, 0.25) is 5.02 Å². The van der Waals surface area contributed by atoms with Crippen LogP contribution in [0.25, 0.3) is 5.76 Å². The molecule has 1 N–H and O–H groups in total. The Kier molecular flexibility index (Phi) is 9.69. The van der Waals surface area contributed by atoms with Gasteiger partial charge in [-0.05, 0) is 57.2 Å². The summed E-state index contributed by atoms with van der Waals surface area (Å²) in [5, 5.41) is 0.797. The molecule has 23 heavy (non-hydrogen) atoms. The summed E-state index contributed by atoms with van der Waals surface area (Å²) in [6.07, 6.45) is 6.18. The summed E-state index contributed by atoms with van der Waals surface area (Å²) >= 11 is 6.41. The molecule has 130 valence electrons. The molecule has 0 aliphatic heterocycles. The van der Waals surface area contributed by atoms with Crippen molar-refractivity contribution < 1.29 is 22.0 Å². The molecule has 2 rings (SSSR count). The normalized spacial score (nSPS) is 14.5. The van der Waals surface area contributed by atoms with Crippen molar-refractivity contribution >= 4 is 17.4 Å². The Labute approximate surface area is 152 Å². The van der Waals surface area contributed by atoms with E-state index in [9.17, 15) is 0 Å². The Morgan fingerprint density at radius 2 is 1.74 bits per heavy atom. The van der Waals surface area contributed by atoms with Crippen molar-refractivity contribution in [3.8, 4) is 0 Å². The predicted molar refractivity (Wildman–Crippen MR) is 94.3 cm³/mol. The van der Waals surface area contributed by atoms with Gasteiger partial charge in [0.05, 0.1) is 18.1 Å². The molecule has 1 aromatic rings. The van der Waals surface area contributed by atoms with E-state index in [4.69, 9.17) is 16.3 Å². The van der Waals surface area contributed by atoms with E-state index in [2.05, 4.69) is 19.9 Å². The molecule has 0 bridgehead atoms. The van der Waals surface area contributed by atoms with Gasteiger partial charge in [0.25, 0.3) is 0 Å². The molecule has 0 amide bonds. The molecule has 1 aliphatic carbocycles. The summed E-state index contributed by atoms with van der Waals surface area (Å²) in [5.41, 5.74) is 2.52. The van der Waals surface area contributed by atoms with Gasteiger partial charge in [0.2, 0.25) is 0 Å². The molecular formula is C19H29Cl2NO. The number of rotatable bonds is 7. The third-order valence-electron chi connectivity index (χ3n) is 4.60. The summed E-state index contributed by atoms with van der Waals surface area (Å²) in [6.45, 7) is 8.58. The first kappa shape index (κ1) is 20.3. The minimum absolute atomic E-state index is 0. The van der Waals surface area contributed by atoms with Gasteiger partial charge in [-0.15, -0.1) is 0 Å². The van der Waals surface area contributed by atoms with E-state index in [1.807, 2.05) is 18.2 Å². The van der Waals surface area contributed by atoms with Gasteiger partial charge in [-0.2, -0.15) is 0 Å². The molecule has 0 spiro atoms. The molecule has 0 saturated heterocycles. The minimum Gasteiger partial charge on any atom is -1.00 e. The fourth-order valence-corrected chi connectivity index (χ4v) is 3.34. The van der Waals surface area contributed by atoms with Gasteiger partial charge in [0.1, 0.15) is 18.9 Å². The van der Waals surface area contributed by atoms with Crippen LogP contribution in [0.4, 0.5) is 0 Å². The smallest absolute Gasteiger partial charge is 0.137 e. The van der Waals surface area contributed by atoms with Crippen molar-refractivity contribution in [1.82, 2.24) is 0 Å². The maximum absolute atomic E-state index is 6.41. The topological polar surface area (TPSA) is 13.7 Å². The average Bonchev–Trinajstić information content (AvgIpc) is 2.57. The summed E-state index contributed by atoms with van der Waals surface area (Å²) in [5.74, 6) is 1.05. The van der Waals surface area contributed by atoms with E-state index in [0.29, 0.717) is 0 Å². The van der Waals surface area contributed by atoms with E-state index in [1.54, 1.807) is 4.90 Å². The Bertz CT molecular complexity index is 490.